The molecular formula is C16H19NO. The molecule has 0 saturated heterocycles. The number of Topliss-reactive ketones (excluding diaryl/α,β-unsaturated/α-hetero) is 1. The zero-order valence-electron chi connectivity index (χ0n) is 10.9. The van der Waals surface area contributed by atoms with Gasteiger partial charge in [-0.2, -0.15) is 0 Å². The lowest BCUT2D eigenvalue weighted by molar-refractivity contribution is 0.100. The molecular weight excluding hydrogens is 222 g/mol. The van der Waals surface area contributed by atoms with E-state index in [-0.39, 0.29) is 5.78 Å². The number of para-hydroxylation sites is 1. The summed E-state index contributed by atoms with van der Waals surface area (Å²) in [6.45, 7) is 2.67. The Hall–Kier alpha value is -1.57. The zero-order chi connectivity index (χ0) is 12.5. The number of ketones is 1. The number of nitrogens with zero attached hydrogens (tertiary/aromatic N) is 1. The lowest BCUT2D eigenvalue weighted by atomic mass is 10.1. The van der Waals surface area contributed by atoms with E-state index in [2.05, 4.69) is 22.8 Å². The fraction of sp³-hybridized carbons (Fsp3) is 0.438. The quantitative estimate of drug-likeness (QED) is 0.743. The van der Waals surface area contributed by atoms with E-state index in [1.165, 1.54) is 36.6 Å². The molecule has 1 aliphatic carbocycles. The van der Waals surface area contributed by atoms with Crippen LogP contribution in [-0.2, 0) is 6.54 Å². The maximum Gasteiger partial charge on any atom is 0.176 e. The van der Waals surface area contributed by atoms with Gasteiger partial charge in [0.25, 0.3) is 0 Å². The first-order chi connectivity index (χ1) is 8.75. The summed E-state index contributed by atoms with van der Waals surface area (Å²) in [5.74, 6) is 0.920. The molecule has 0 radical (unpaired) electrons. The van der Waals surface area contributed by atoms with Crippen molar-refractivity contribution in [1.82, 2.24) is 4.57 Å². The minimum Gasteiger partial charge on any atom is -0.338 e. The third kappa shape index (κ3) is 1.96. The Morgan fingerprint density at radius 2 is 2.00 bits per heavy atom. The molecule has 1 heterocycles. The van der Waals surface area contributed by atoms with Crippen LogP contribution in [0.3, 0.4) is 0 Å². The number of carbonyl (C=O) groups is 1. The van der Waals surface area contributed by atoms with Gasteiger partial charge >= 0.3 is 0 Å². The van der Waals surface area contributed by atoms with E-state index in [0.29, 0.717) is 0 Å². The SMILES string of the molecule is CC(=O)c1cc2ccccc2n1CC1CCCC1. The molecule has 2 aromatic rings. The molecule has 1 aromatic carbocycles. The van der Waals surface area contributed by atoms with Crippen LogP contribution in [0, 0.1) is 5.92 Å². The minimum absolute atomic E-state index is 0.171. The van der Waals surface area contributed by atoms with Gasteiger partial charge in [0.1, 0.15) is 0 Å². The van der Waals surface area contributed by atoms with Gasteiger partial charge in [-0.3, -0.25) is 4.79 Å². The van der Waals surface area contributed by atoms with Gasteiger partial charge < -0.3 is 4.57 Å². The molecule has 0 bridgehead atoms. The first-order valence-corrected chi connectivity index (χ1v) is 6.85. The Labute approximate surface area is 108 Å². The summed E-state index contributed by atoms with van der Waals surface area (Å²) in [5.41, 5.74) is 2.07. The van der Waals surface area contributed by atoms with E-state index in [1.807, 2.05) is 12.1 Å². The largest absolute Gasteiger partial charge is 0.338 e. The molecule has 1 aliphatic rings. The molecule has 1 fully saturated rings. The Morgan fingerprint density at radius 3 is 2.72 bits per heavy atom. The van der Waals surface area contributed by atoms with Crippen LogP contribution in [0.2, 0.25) is 0 Å². The highest BCUT2D eigenvalue weighted by molar-refractivity contribution is 5.98. The van der Waals surface area contributed by atoms with E-state index in [9.17, 15) is 4.79 Å². The summed E-state index contributed by atoms with van der Waals surface area (Å²) in [7, 11) is 0. The number of rotatable bonds is 3. The van der Waals surface area contributed by atoms with Gasteiger partial charge in [-0.05, 0) is 30.9 Å². The summed E-state index contributed by atoms with van der Waals surface area (Å²) in [5, 5.41) is 1.18. The van der Waals surface area contributed by atoms with Crippen LogP contribution in [-0.4, -0.2) is 10.4 Å². The first-order valence-electron chi connectivity index (χ1n) is 6.85. The van der Waals surface area contributed by atoms with Crippen molar-refractivity contribution in [3.05, 3.63) is 36.0 Å². The van der Waals surface area contributed by atoms with Gasteiger partial charge in [0.2, 0.25) is 0 Å². The number of benzene rings is 1. The molecule has 0 N–H and O–H groups in total. The topological polar surface area (TPSA) is 22.0 Å². The molecule has 18 heavy (non-hydrogen) atoms. The van der Waals surface area contributed by atoms with E-state index < -0.39 is 0 Å². The van der Waals surface area contributed by atoms with Gasteiger partial charge in [-0.1, -0.05) is 31.0 Å². The average molecular weight is 241 g/mol. The van der Waals surface area contributed by atoms with E-state index in [4.69, 9.17) is 0 Å². The molecule has 0 aliphatic heterocycles. The Kier molecular flexibility index (Phi) is 2.94. The van der Waals surface area contributed by atoms with Crippen molar-refractivity contribution in [3.63, 3.8) is 0 Å². The van der Waals surface area contributed by atoms with Crippen LogP contribution >= 0.6 is 0 Å². The Morgan fingerprint density at radius 1 is 1.28 bits per heavy atom. The van der Waals surface area contributed by atoms with Gasteiger partial charge in [0, 0.05) is 24.4 Å². The van der Waals surface area contributed by atoms with Crippen LogP contribution in [0.1, 0.15) is 43.1 Å². The maximum absolute atomic E-state index is 11.8. The van der Waals surface area contributed by atoms with Gasteiger partial charge in [0.05, 0.1) is 5.69 Å². The number of carbonyl (C=O) groups excluding carboxylic acids is 1. The van der Waals surface area contributed by atoms with Crippen LogP contribution in [0.15, 0.2) is 30.3 Å². The van der Waals surface area contributed by atoms with E-state index in [1.54, 1.807) is 6.92 Å². The second-order valence-electron chi connectivity index (χ2n) is 5.41. The summed E-state index contributed by atoms with van der Waals surface area (Å²) >= 11 is 0. The summed E-state index contributed by atoms with van der Waals surface area (Å²) in [4.78, 5) is 11.8. The minimum atomic E-state index is 0.171. The number of hydrogen-bond acceptors (Lipinski definition) is 1. The second-order valence-corrected chi connectivity index (χ2v) is 5.41. The normalized spacial score (nSPS) is 16.5. The van der Waals surface area contributed by atoms with Gasteiger partial charge in [0.15, 0.2) is 5.78 Å². The predicted octanol–water partition coefficient (Wildman–Crippen LogP) is 4.03. The standard InChI is InChI=1S/C16H19NO/c1-12(18)16-10-14-8-4-5-9-15(14)17(16)11-13-6-2-3-7-13/h4-5,8-10,13H,2-3,6-7,11H2,1H3. The maximum atomic E-state index is 11.8. The molecule has 0 atom stereocenters. The van der Waals surface area contributed by atoms with Crippen molar-refractivity contribution in [2.24, 2.45) is 5.92 Å². The number of hydrogen-bond donors (Lipinski definition) is 0. The van der Waals surface area contributed by atoms with Crippen LogP contribution in [0.4, 0.5) is 0 Å². The number of aromatic nitrogens is 1. The van der Waals surface area contributed by atoms with Crippen LogP contribution in [0.5, 0.6) is 0 Å². The highest BCUT2D eigenvalue weighted by atomic mass is 16.1. The van der Waals surface area contributed by atoms with Gasteiger partial charge in [-0.15, -0.1) is 0 Å². The van der Waals surface area contributed by atoms with Crippen LogP contribution in [0.25, 0.3) is 10.9 Å². The Bertz CT molecular complexity index is 576. The molecule has 0 unspecified atom stereocenters. The van der Waals surface area contributed by atoms with E-state index >= 15 is 0 Å². The summed E-state index contributed by atoms with van der Waals surface area (Å²) in [6.07, 6.45) is 5.31. The molecule has 0 spiro atoms. The monoisotopic (exact) mass is 241 g/mol. The molecule has 2 nitrogen and oxygen atoms in total. The Balaban J connectivity index is 2.05. The van der Waals surface area contributed by atoms with Crippen molar-refractivity contribution in [3.8, 4) is 0 Å². The molecule has 3 rings (SSSR count). The fourth-order valence-corrected chi connectivity index (χ4v) is 3.15. The first kappa shape index (κ1) is 11.5. The predicted molar refractivity (Wildman–Crippen MR) is 73.9 cm³/mol. The molecule has 1 aromatic heterocycles. The highest BCUT2D eigenvalue weighted by Crippen LogP contribution is 2.29. The molecule has 2 heteroatoms. The van der Waals surface area contributed by atoms with Crippen LogP contribution < -0.4 is 0 Å². The molecule has 1 saturated carbocycles. The third-order valence-electron chi connectivity index (χ3n) is 4.09. The third-order valence-corrected chi connectivity index (χ3v) is 4.09. The fourth-order valence-electron chi connectivity index (χ4n) is 3.15. The van der Waals surface area contributed by atoms with Crippen molar-refractivity contribution in [2.75, 3.05) is 0 Å². The lowest BCUT2D eigenvalue weighted by Crippen LogP contribution is -2.12. The highest BCUT2D eigenvalue weighted by Gasteiger charge is 2.19. The average Bonchev–Trinajstić information content (AvgIpc) is 2.98. The van der Waals surface area contributed by atoms with E-state index in [0.717, 1.165) is 18.2 Å². The zero-order valence-corrected chi connectivity index (χ0v) is 10.9. The lowest BCUT2D eigenvalue weighted by Gasteiger charge is -2.14. The van der Waals surface area contributed by atoms with Crippen molar-refractivity contribution in [1.29, 1.82) is 0 Å². The van der Waals surface area contributed by atoms with Gasteiger partial charge in [-0.25, -0.2) is 0 Å². The van der Waals surface area contributed by atoms with Crippen molar-refractivity contribution >= 4 is 16.7 Å². The second kappa shape index (κ2) is 4.60. The summed E-state index contributed by atoms with van der Waals surface area (Å²) in [6, 6.07) is 10.3. The molecule has 0 amide bonds. The molecule has 94 valence electrons. The van der Waals surface area contributed by atoms with Crippen molar-refractivity contribution in [2.45, 2.75) is 39.2 Å². The van der Waals surface area contributed by atoms with Crippen molar-refractivity contribution < 1.29 is 4.79 Å². The summed E-state index contributed by atoms with van der Waals surface area (Å²) < 4.78 is 2.23. The smallest absolute Gasteiger partial charge is 0.176 e. The number of fused-ring (bicyclic) bond motifs is 1.